The van der Waals surface area contributed by atoms with Gasteiger partial charge in [0.2, 0.25) is 0 Å². The fraction of sp³-hybridized carbons (Fsp3) is 0.333. The predicted octanol–water partition coefficient (Wildman–Crippen LogP) is 4.39. The summed E-state index contributed by atoms with van der Waals surface area (Å²) in [5.74, 6) is 1.07. The fourth-order valence-electron chi connectivity index (χ4n) is 2.93. The Bertz CT molecular complexity index is 654. The number of hydrogen-bond donors (Lipinski definition) is 1. The van der Waals surface area contributed by atoms with Gasteiger partial charge >= 0.3 is 0 Å². The maximum Gasteiger partial charge on any atom is 0.127 e. The summed E-state index contributed by atoms with van der Waals surface area (Å²) in [5.41, 5.74) is 5.07. The first-order valence-electron chi connectivity index (χ1n) is 7.44. The van der Waals surface area contributed by atoms with Crippen molar-refractivity contribution in [2.75, 3.05) is 13.2 Å². The Labute approximate surface area is 134 Å². The van der Waals surface area contributed by atoms with Crippen LogP contribution in [0.5, 0.6) is 5.75 Å². The van der Waals surface area contributed by atoms with E-state index in [1.54, 1.807) is 0 Å². The molecule has 1 aliphatic heterocycles. The number of benzene rings is 2. The lowest BCUT2D eigenvalue weighted by molar-refractivity contribution is 0.350. The summed E-state index contributed by atoms with van der Waals surface area (Å²) in [4.78, 5) is 0. The normalized spacial score (nSPS) is 14.6. The van der Waals surface area contributed by atoms with Crippen LogP contribution in [0.15, 0.2) is 40.9 Å². The maximum absolute atomic E-state index is 5.89. The Morgan fingerprint density at radius 3 is 2.86 bits per heavy atom. The molecule has 0 saturated carbocycles. The molecule has 2 aromatic rings. The Morgan fingerprint density at radius 1 is 1.24 bits per heavy atom. The number of nitrogens with one attached hydrogen (secondary N) is 1. The molecule has 110 valence electrons. The molecule has 2 aromatic carbocycles. The van der Waals surface area contributed by atoms with E-state index in [1.807, 2.05) is 0 Å². The largest absolute Gasteiger partial charge is 0.493 e. The molecular formula is C18H20BrNO. The number of ether oxygens (including phenoxy) is 1. The van der Waals surface area contributed by atoms with Gasteiger partial charge in [-0.3, -0.25) is 0 Å². The van der Waals surface area contributed by atoms with Gasteiger partial charge in [0.25, 0.3) is 0 Å². The molecular weight excluding hydrogens is 326 g/mol. The lowest BCUT2D eigenvalue weighted by Crippen LogP contribution is -2.23. The summed E-state index contributed by atoms with van der Waals surface area (Å²) in [5, 5.41) is 3.60. The minimum absolute atomic E-state index is 0.151. The third-order valence-electron chi connectivity index (χ3n) is 3.93. The van der Waals surface area contributed by atoms with Gasteiger partial charge in [0.05, 0.1) is 12.6 Å². The Kier molecular flexibility index (Phi) is 4.32. The third kappa shape index (κ3) is 2.85. The Hall–Kier alpha value is -1.32. The monoisotopic (exact) mass is 345 g/mol. The molecule has 0 fully saturated rings. The van der Waals surface area contributed by atoms with Crippen molar-refractivity contribution in [1.82, 2.24) is 5.32 Å². The van der Waals surface area contributed by atoms with Gasteiger partial charge in [0, 0.05) is 16.5 Å². The number of halogens is 1. The molecule has 0 radical (unpaired) electrons. The van der Waals surface area contributed by atoms with Crippen LogP contribution >= 0.6 is 15.9 Å². The van der Waals surface area contributed by atoms with Crippen LogP contribution in [0.25, 0.3) is 0 Å². The molecule has 3 heteroatoms. The molecule has 1 aliphatic rings. The molecule has 1 unspecified atom stereocenters. The van der Waals surface area contributed by atoms with Crippen LogP contribution in [0.4, 0.5) is 0 Å². The van der Waals surface area contributed by atoms with Crippen LogP contribution < -0.4 is 10.1 Å². The minimum atomic E-state index is 0.151. The predicted molar refractivity (Wildman–Crippen MR) is 90.0 cm³/mol. The summed E-state index contributed by atoms with van der Waals surface area (Å²) in [6, 6.07) is 13.1. The highest BCUT2D eigenvalue weighted by Gasteiger charge is 2.24. The van der Waals surface area contributed by atoms with Gasteiger partial charge in [-0.1, -0.05) is 53.2 Å². The molecule has 0 bridgehead atoms. The van der Waals surface area contributed by atoms with Crippen LogP contribution in [-0.2, 0) is 6.42 Å². The average molecular weight is 346 g/mol. The van der Waals surface area contributed by atoms with E-state index >= 15 is 0 Å². The second-order valence-electron chi connectivity index (χ2n) is 5.45. The van der Waals surface area contributed by atoms with E-state index in [2.05, 4.69) is 71.5 Å². The second-order valence-corrected chi connectivity index (χ2v) is 6.30. The van der Waals surface area contributed by atoms with Crippen molar-refractivity contribution in [3.63, 3.8) is 0 Å². The van der Waals surface area contributed by atoms with E-state index in [1.165, 1.54) is 22.3 Å². The fourth-order valence-corrected chi connectivity index (χ4v) is 3.65. The van der Waals surface area contributed by atoms with Gasteiger partial charge in [-0.25, -0.2) is 0 Å². The van der Waals surface area contributed by atoms with Gasteiger partial charge in [-0.15, -0.1) is 0 Å². The molecule has 1 N–H and O–H groups in total. The van der Waals surface area contributed by atoms with Gasteiger partial charge in [-0.2, -0.15) is 0 Å². The van der Waals surface area contributed by atoms with E-state index in [4.69, 9.17) is 4.74 Å². The van der Waals surface area contributed by atoms with Crippen molar-refractivity contribution in [2.24, 2.45) is 0 Å². The first-order chi connectivity index (χ1) is 10.2. The number of para-hydroxylation sites is 1. The summed E-state index contributed by atoms with van der Waals surface area (Å²) in [7, 11) is 0. The highest BCUT2D eigenvalue weighted by molar-refractivity contribution is 9.10. The van der Waals surface area contributed by atoms with Crippen LogP contribution in [-0.4, -0.2) is 13.2 Å². The summed E-state index contributed by atoms with van der Waals surface area (Å²) in [6.45, 7) is 5.95. The van der Waals surface area contributed by atoms with Crippen LogP contribution in [0.1, 0.15) is 35.2 Å². The van der Waals surface area contributed by atoms with Gasteiger partial charge in [0.15, 0.2) is 0 Å². The van der Waals surface area contributed by atoms with E-state index < -0.39 is 0 Å². The molecule has 0 aliphatic carbocycles. The zero-order valence-corrected chi connectivity index (χ0v) is 14.0. The molecule has 0 spiro atoms. The van der Waals surface area contributed by atoms with Gasteiger partial charge in [-0.05, 0) is 36.2 Å². The quantitative estimate of drug-likeness (QED) is 0.887. The van der Waals surface area contributed by atoms with E-state index in [0.29, 0.717) is 0 Å². The topological polar surface area (TPSA) is 21.3 Å². The Morgan fingerprint density at radius 2 is 2.10 bits per heavy atom. The first kappa shape index (κ1) is 14.6. The standard InChI is InChI=1S/C18H20BrNO/c1-3-20-17(14-8-7-12(2)11-16(14)19)15-6-4-5-13-9-10-21-18(13)15/h4-8,11,17,20H,3,9-10H2,1-2H3. The summed E-state index contributed by atoms with van der Waals surface area (Å²) < 4.78 is 7.03. The summed E-state index contributed by atoms with van der Waals surface area (Å²) >= 11 is 3.71. The molecule has 1 atom stereocenters. The first-order valence-corrected chi connectivity index (χ1v) is 8.24. The molecule has 0 amide bonds. The molecule has 3 rings (SSSR count). The van der Waals surface area contributed by atoms with Crippen molar-refractivity contribution in [2.45, 2.75) is 26.3 Å². The SMILES string of the molecule is CCNC(c1ccc(C)cc1Br)c1cccc2c1OCC2. The van der Waals surface area contributed by atoms with Gasteiger partial charge < -0.3 is 10.1 Å². The van der Waals surface area contributed by atoms with Gasteiger partial charge in [0.1, 0.15) is 5.75 Å². The smallest absolute Gasteiger partial charge is 0.127 e. The molecule has 0 saturated heterocycles. The van der Waals surface area contributed by atoms with E-state index in [9.17, 15) is 0 Å². The minimum Gasteiger partial charge on any atom is -0.493 e. The van der Waals surface area contributed by atoms with Crippen molar-refractivity contribution in [3.05, 3.63) is 63.1 Å². The zero-order valence-electron chi connectivity index (χ0n) is 12.4. The third-order valence-corrected chi connectivity index (χ3v) is 4.62. The summed E-state index contributed by atoms with van der Waals surface area (Å²) in [6.07, 6.45) is 1.01. The Balaban J connectivity index is 2.08. The molecule has 0 aromatic heterocycles. The van der Waals surface area contributed by atoms with Crippen molar-refractivity contribution >= 4 is 15.9 Å². The molecule has 1 heterocycles. The van der Waals surface area contributed by atoms with Crippen molar-refractivity contribution < 1.29 is 4.74 Å². The highest BCUT2D eigenvalue weighted by Crippen LogP contribution is 2.38. The van der Waals surface area contributed by atoms with Crippen LogP contribution in [0, 0.1) is 6.92 Å². The second kappa shape index (κ2) is 6.20. The maximum atomic E-state index is 5.89. The van der Waals surface area contributed by atoms with E-state index in [0.717, 1.165) is 29.8 Å². The molecule has 2 nitrogen and oxygen atoms in total. The van der Waals surface area contributed by atoms with Crippen molar-refractivity contribution in [3.8, 4) is 5.75 Å². The zero-order chi connectivity index (χ0) is 14.8. The average Bonchev–Trinajstić information content (AvgIpc) is 2.94. The lowest BCUT2D eigenvalue weighted by atomic mass is 9.95. The lowest BCUT2D eigenvalue weighted by Gasteiger charge is -2.22. The van der Waals surface area contributed by atoms with Crippen LogP contribution in [0.3, 0.4) is 0 Å². The van der Waals surface area contributed by atoms with E-state index in [-0.39, 0.29) is 6.04 Å². The number of aryl methyl sites for hydroxylation is 1. The highest BCUT2D eigenvalue weighted by atomic mass is 79.9. The molecule has 21 heavy (non-hydrogen) atoms. The number of rotatable bonds is 4. The van der Waals surface area contributed by atoms with Crippen molar-refractivity contribution in [1.29, 1.82) is 0 Å². The number of hydrogen-bond acceptors (Lipinski definition) is 2. The number of fused-ring (bicyclic) bond motifs is 1. The van der Waals surface area contributed by atoms with Crippen LogP contribution in [0.2, 0.25) is 0 Å².